The van der Waals surface area contributed by atoms with Gasteiger partial charge in [-0.3, -0.25) is 9.59 Å². The zero-order chi connectivity index (χ0) is 24.6. The number of nitrogens with zero attached hydrogens (tertiary/aromatic N) is 1. The van der Waals surface area contributed by atoms with E-state index in [1.807, 2.05) is 0 Å². The van der Waals surface area contributed by atoms with E-state index in [0.29, 0.717) is 17.7 Å². The van der Waals surface area contributed by atoms with Crippen LogP contribution in [0.1, 0.15) is 83.9 Å². The summed E-state index contributed by atoms with van der Waals surface area (Å²) in [4.78, 5) is 40.6. The van der Waals surface area contributed by atoms with Crippen LogP contribution in [-0.4, -0.2) is 47.0 Å². The lowest BCUT2D eigenvalue weighted by molar-refractivity contribution is -0.142. The van der Waals surface area contributed by atoms with Gasteiger partial charge in [-0.1, -0.05) is 37.8 Å². The maximum atomic E-state index is 13.5. The molecule has 1 saturated carbocycles. The first-order valence-electron chi connectivity index (χ1n) is 11.7. The van der Waals surface area contributed by atoms with Gasteiger partial charge in [-0.05, 0) is 64.7 Å². The summed E-state index contributed by atoms with van der Waals surface area (Å²) in [7, 11) is 0. The number of unbranched alkanes of at least 4 members (excludes halogenated alkanes) is 2. The number of terminal acetylenes is 1. The summed E-state index contributed by atoms with van der Waals surface area (Å²) in [5.74, 6) is 2.02. The van der Waals surface area contributed by atoms with Gasteiger partial charge in [0.05, 0.1) is 0 Å². The van der Waals surface area contributed by atoms with Gasteiger partial charge < -0.3 is 20.3 Å². The Kier molecular flexibility index (Phi) is 9.33. The SMILES string of the molecule is C#Cc1ccc(C(C(=O)NCCCCC)N(C(=O)C(C)NC(=O)OC(C)(C)C)C2CC2)cc1. The number of hydrogen-bond donors (Lipinski definition) is 2. The van der Waals surface area contributed by atoms with Crippen LogP contribution in [0, 0.1) is 12.3 Å². The fourth-order valence-electron chi connectivity index (χ4n) is 3.52. The number of ether oxygens (including phenoxy) is 1. The number of amides is 3. The van der Waals surface area contributed by atoms with Crippen LogP contribution < -0.4 is 10.6 Å². The summed E-state index contributed by atoms with van der Waals surface area (Å²) >= 11 is 0. The number of carbonyl (C=O) groups is 3. The summed E-state index contributed by atoms with van der Waals surface area (Å²) in [6, 6.07) is 5.41. The van der Waals surface area contributed by atoms with Crippen molar-refractivity contribution in [3.63, 3.8) is 0 Å². The lowest BCUT2D eigenvalue weighted by Crippen LogP contribution is -2.52. The quantitative estimate of drug-likeness (QED) is 0.413. The number of nitrogens with one attached hydrogen (secondary N) is 2. The van der Waals surface area contributed by atoms with E-state index < -0.39 is 23.8 Å². The van der Waals surface area contributed by atoms with E-state index in [1.165, 1.54) is 0 Å². The molecule has 0 heterocycles. The molecule has 0 aliphatic heterocycles. The van der Waals surface area contributed by atoms with Gasteiger partial charge in [0.1, 0.15) is 17.7 Å². The number of benzene rings is 1. The first-order valence-corrected chi connectivity index (χ1v) is 11.7. The second-order valence-electron chi connectivity index (χ2n) is 9.51. The minimum atomic E-state index is -0.846. The van der Waals surface area contributed by atoms with Crippen molar-refractivity contribution in [2.45, 2.75) is 90.4 Å². The van der Waals surface area contributed by atoms with E-state index in [2.05, 4.69) is 23.5 Å². The molecule has 0 aromatic heterocycles. The lowest BCUT2D eigenvalue weighted by Gasteiger charge is -2.34. The second-order valence-corrected chi connectivity index (χ2v) is 9.51. The highest BCUT2D eigenvalue weighted by molar-refractivity contribution is 5.92. The van der Waals surface area contributed by atoms with Crippen LogP contribution >= 0.6 is 0 Å². The summed E-state index contributed by atoms with van der Waals surface area (Å²) in [6.45, 7) is 9.53. The smallest absolute Gasteiger partial charge is 0.408 e. The summed E-state index contributed by atoms with van der Waals surface area (Å²) < 4.78 is 5.29. The molecule has 1 aromatic carbocycles. The Bertz CT molecular complexity index is 863. The van der Waals surface area contributed by atoms with Crippen LogP contribution in [0.15, 0.2) is 24.3 Å². The summed E-state index contributed by atoms with van der Waals surface area (Å²) in [5.41, 5.74) is 0.708. The van der Waals surface area contributed by atoms with Crippen LogP contribution in [0.4, 0.5) is 4.79 Å². The Morgan fingerprint density at radius 3 is 2.33 bits per heavy atom. The average molecular weight is 456 g/mol. The Labute approximate surface area is 197 Å². The molecule has 7 heteroatoms. The minimum absolute atomic E-state index is 0.0564. The highest BCUT2D eigenvalue weighted by atomic mass is 16.6. The molecule has 1 aromatic rings. The molecule has 2 rings (SSSR count). The van der Waals surface area contributed by atoms with Crippen molar-refractivity contribution in [1.29, 1.82) is 0 Å². The van der Waals surface area contributed by atoms with E-state index in [9.17, 15) is 14.4 Å². The number of carbonyl (C=O) groups excluding carboxylic acids is 3. The molecule has 7 nitrogen and oxygen atoms in total. The lowest BCUT2D eigenvalue weighted by atomic mass is 10.0. The van der Waals surface area contributed by atoms with Gasteiger partial charge in [-0.25, -0.2) is 4.79 Å². The van der Waals surface area contributed by atoms with E-state index in [0.717, 1.165) is 32.1 Å². The van der Waals surface area contributed by atoms with Crippen LogP contribution in [0.3, 0.4) is 0 Å². The molecule has 2 unspecified atom stereocenters. The Morgan fingerprint density at radius 2 is 1.82 bits per heavy atom. The molecule has 1 aliphatic rings. The Balaban J connectivity index is 2.27. The van der Waals surface area contributed by atoms with Crippen molar-refractivity contribution in [3.05, 3.63) is 35.4 Å². The third-order valence-corrected chi connectivity index (χ3v) is 5.30. The van der Waals surface area contributed by atoms with Crippen molar-refractivity contribution in [1.82, 2.24) is 15.5 Å². The number of hydrogen-bond acceptors (Lipinski definition) is 4. The van der Waals surface area contributed by atoms with Crippen LogP contribution in [0.5, 0.6) is 0 Å². The summed E-state index contributed by atoms with van der Waals surface area (Å²) in [6.07, 6.45) is 9.38. The van der Waals surface area contributed by atoms with Gasteiger partial charge in [0.25, 0.3) is 0 Å². The predicted octanol–water partition coefficient (Wildman–Crippen LogP) is 3.92. The molecule has 0 saturated heterocycles. The highest BCUT2D eigenvalue weighted by Gasteiger charge is 2.43. The molecule has 1 aliphatic carbocycles. The third kappa shape index (κ3) is 8.12. The average Bonchev–Trinajstić information content (AvgIpc) is 3.58. The monoisotopic (exact) mass is 455 g/mol. The molecule has 33 heavy (non-hydrogen) atoms. The maximum absolute atomic E-state index is 13.5. The van der Waals surface area contributed by atoms with Crippen LogP contribution in [-0.2, 0) is 14.3 Å². The van der Waals surface area contributed by atoms with Gasteiger partial charge in [0.15, 0.2) is 0 Å². The third-order valence-electron chi connectivity index (χ3n) is 5.30. The van der Waals surface area contributed by atoms with Crippen molar-refractivity contribution < 1.29 is 19.1 Å². The van der Waals surface area contributed by atoms with Crippen molar-refractivity contribution in [2.24, 2.45) is 0 Å². The predicted molar refractivity (Wildman–Crippen MR) is 128 cm³/mol. The van der Waals surface area contributed by atoms with Gasteiger partial charge >= 0.3 is 6.09 Å². The molecule has 0 radical (unpaired) electrons. The fraction of sp³-hybridized carbons (Fsp3) is 0.577. The second kappa shape index (κ2) is 11.7. The topological polar surface area (TPSA) is 87.7 Å². The summed E-state index contributed by atoms with van der Waals surface area (Å²) in [5, 5.41) is 5.60. The van der Waals surface area contributed by atoms with Gasteiger partial charge in [-0.2, -0.15) is 0 Å². The zero-order valence-corrected chi connectivity index (χ0v) is 20.4. The molecular formula is C26H37N3O4. The van der Waals surface area contributed by atoms with Crippen LogP contribution in [0.2, 0.25) is 0 Å². The number of alkyl carbamates (subject to hydrolysis) is 1. The molecule has 1 fully saturated rings. The van der Waals surface area contributed by atoms with Crippen molar-refractivity contribution >= 4 is 17.9 Å². The molecule has 2 N–H and O–H groups in total. The number of rotatable bonds is 10. The van der Waals surface area contributed by atoms with Crippen molar-refractivity contribution in [2.75, 3.05) is 6.54 Å². The first kappa shape index (κ1) is 26.2. The van der Waals surface area contributed by atoms with Gasteiger partial charge in [0, 0.05) is 18.2 Å². The van der Waals surface area contributed by atoms with Gasteiger partial charge in [0.2, 0.25) is 11.8 Å². The Hall–Kier alpha value is -3.01. The van der Waals surface area contributed by atoms with E-state index >= 15 is 0 Å². The molecular weight excluding hydrogens is 418 g/mol. The van der Waals surface area contributed by atoms with E-state index in [1.54, 1.807) is 56.9 Å². The molecule has 0 spiro atoms. The Morgan fingerprint density at radius 1 is 1.18 bits per heavy atom. The first-order chi connectivity index (χ1) is 15.6. The minimum Gasteiger partial charge on any atom is -0.444 e. The van der Waals surface area contributed by atoms with Crippen LogP contribution in [0.25, 0.3) is 0 Å². The molecule has 0 bridgehead atoms. The zero-order valence-electron chi connectivity index (χ0n) is 20.4. The highest BCUT2D eigenvalue weighted by Crippen LogP contribution is 2.35. The van der Waals surface area contributed by atoms with Crippen molar-refractivity contribution in [3.8, 4) is 12.3 Å². The fourth-order valence-corrected chi connectivity index (χ4v) is 3.52. The van der Waals surface area contributed by atoms with E-state index in [4.69, 9.17) is 11.2 Å². The largest absolute Gasteiger partial charge is 0.444 e. The molecule has 2 atom stereocenters. The molecule has 180 valence electrons. The normalized spacial score (nSPS) is 15.0. The van der Waals surface area contributed by atoms with E-state index in [-0.39, 0.29) is 17.9 Å². The van der Waals surface area contributed by atoms with Gasteiger partial charge in [-0.15, -0.1) is 6.42 Å². The molecule has 3 amide bonds. The maximum Gasteiger partial charge on any atom is 0.408 e. The standard InChI is InChI=1S/C26H37N3O4/c1-7-9-10-17-27-23(30)22(20-13-11-19(8-2)12-14-20)29(21-15-16-21)24(31)18(3)28-25(32)33-26(4,5)6/h2,11-14,18,21-22H,7,9-10,15-17H2,1,3-6H3,(H,27,30)(H,28,32).